The van der Waals surface area contributed by atoms with Gasteiger partial charge in [0.1, 0.15) is 23.4 Å². The molecule has 0 spiro atoms. The Morgan fingerprint density at radius 3 is 2.07 bits per heavy atom. The van der Waals surface area contributed by atoms with Crippen molar-refractivity contribution in [3.05, 3.63) is 53.6 Å². The first-order valence-corrected chi connectivity index (χ1v) is 8.74. The van der Waals surface area contributed by atoms with Gasteiger partial charge in [-0.25, -0.2) is 0 Å². The van der Waals surface area contributed by atoms with Crippen LogP contribution in [0.3, 0.4) is 0 Å². The van der Waals surface area contributed by atoms with E-state index in [2.05, 4.69) is 0 Å². The zero-order chi connectivity index (χ0) is 20.3. The maximum atomic E-state index is 11.7. The van der Waals surface area contributed by atoms with Crippen molar-refractivity contribution < 1.29 is 33.3 Å². The Morgan fingerprint density at radius 1 is 0.857 bits per heavy atom. The summed E-state index contributed by atoms with van der Waals surface area (Å²) in [4.78, 5) is 33.9. The molecule has 0 N–H and O–H groups in total. The quantitative estimate of drug-likeness (QED) is 0.590. The number of ether oxygens (including phenoxy) is 4. The van der Waals surface area contributed by atoms with Crippen molar-refractivity contribution in [3.63, 3.8) is 0 Å². The summed E-state index contributed by atoms with van der Waals surface area (Å²) in [5, 5.41) is 0. The van der Waals surface area contributed by atoms with E-state index in [0.717, 1.165) is 5.56 Å². The van der Waals surface area contributed by atoms with Gasteiger partial charge in [0.15, 0.2) is 0 Å². The van der Waals surface area contributed by atoms with Gasteiger partial charge in [-0.05, 0) is 29.8 Å². The minimum absolute atomic E-state index is 0.248. The van der Waals surface area contributed by atoms with Crippen molar-refractivity contribution in [1.29, 1.82) is 0 Å². The van der Waals surface area contributed by atoms with Crippen LogP contribution in [0.2, 0.25) is 0 Å². The lowest BCUT2D eigenvalue weighted by molar-refractivity contribution is -0.149. The number of benzene rings is 2. The number of esters is 3. The van der Waals surface area contributed by atoms with E-state index in [1.54, 1.807) is 42.5 Å². The molecule has 7 nitrogen and oxygen atoms in total. The van der Waals surface area contributed by atoms with Crippen LogP contribution in [0.15, 0.2) is 42.5 Å². The second kappa shape index (κ2) is 8.12. The first-order chi connectivity index (χ1) is 13.3. The molecule has 0 aliphatic carbocycles. The second-order valence-corrected chi connectivity index (χ2v) is 6.40. The Hall–Kier alpha value is -3.35. The van der Waals surface area contributed by atoms with Gasteiger partial charge in [0.2, 0.25) is 0 Å². The Bertz CT molecular complexity index is 901. The predicted octanol–water partition coefficient (Wildman–Crippen LogP) is 3.32. The zero-order valence-electron chi connectivity index (χ0n) is 15.8. The summed E-state index contributed by atoms with van der Waals surface area (Å²) in [6.07, 6.45) is -0.563. The standard InChI is InChI=1S/C21H20O7/c1-12(22)26-16-6-4-15(5-7-16)19-11-25-20-10-17(27-13(2)23)8-9-18(20)21(19)28-14(3)24/h4-10,19,21H,11H2,1-3H3. The number of carbonyl (C=O) groups excluding carboxylic acids is 3. The van der Waals surface area contributed by atoms with Gasteiger partial charge in [-0.3, -0.25) is 14.4 Å². The molecule has 3 rings (SSSR count). The number of fused-ring (bicyclic) bond motifs is 1. The lowest BCUT2D eigenvalue weighted by Gasteiger charge is -2.33. The molecular weight excluding hydrogens is 364 g/mol. The van der Waals surface area contributed by atoms with E-state index >= 15 is 0 Å². The van der Waals surface area contributed by atoms with Crippen LogP contribution in [0.4, 0.5) is 0 Å². The molecule has 0 saturated heterocycles. The first-order valence-electron chi connectivity index (χ1n) is 8.74. The van der Waals surface area contributed by atoms with Crippen LogP contribution in [0.25, 0.3) is 0 Å². The van der Waals surface area contributed by atoms with Gasteiger partial charge in [-0.15, -0.1) is 0 Å². The normalized spacial score (nSPS) is 17.7. The Labute approximate surface area is 162 Å². The molecule has 2 aromatic carbocycles. The number of hydrogen-bond donors (Lipinski definition) is 0. The Morgan fingerprint density at radius 2 is 1.46 bits per heavy atom. The van der Waals surface area contributed by atoms with E-state index in [4.69, 9.17) is 18.9 Å². The highest BCUT2D eigenvalue weighted by molar-refractivity contribution is 5.70. The highest BCUT2D eigenvalue weighted by Gasteiger charge is 2.35. The molecule has 0 aromatic heterocycles. The molecule has 2 unspecified atom stereocenters. The third-order valence-electron chi connectivity index (χ3n) is 4.20. The molecule has 1 heterocycles. The topological polar surface area (TPSA) is 88.1 Å². The molecular formula is C21H20O7. The smallest absolute Gasteiger partial charge is 0.308 e. The minimum Gasteiger partial charge on any atom is -0.492 e. The summed E-state index contributed by atoms with van der Waals surface area (Å²) in [5.74, 6) is -0.203. The molecule has 2 aromatic rings. The van der Waals surface area contributed by atoms with Crippen LogP contribution in [0, 0.1) is 0 Å². The van der Waals surface area contributed by atoms with Crippen molar-refractivity contribution in [2.45, 2.75) is 32.8 Å². The van der Waals surface area contributed by atoms with Crippen molar-refractivity contribution in [1.82, 2.24) is 0 Å². The molecule has 146 valence electrons. The minimum atomic E-state index is -0.563. The number of carbonyl (C=O) groups is 3. The molecule has 0 saturated carbocycles. The second-order valence-electron chi connectivity index (χ2n) is 6.40. The predicted molar refractivity (Wildman–Crippen MR) is 98.2 cm³/mol. The van der Waals surface area contributed by atoms with Gasteiger partial charge < -0.3 is 18.9 Å². The molecule has 0 fully saturated rings. The van der Waals surface area contributed by atoms with Crippen LogP contribution in [-0.4, -0.2) is 24.5 Å². The van der Waals surface area contributed by atoms with Crippen LogP contribution >= 0.6 is 0 Å². The highest BCUT2D eigenvalue weighted by Crippen LogP contribution is 2.44. The summed E-state index contributed by atoms with van der Waals surface area (Å²) in [6.45, 7) is 4.27. The average Bonchev–Trinajstić information content (AvgIpc) is 2.61. The molecule has 28 heavy (non-hydrogen) atoms. The molecule has 1 aliphatic heterocycles. The molecule has 0 radical (unpaired) electrons. The summed E-state index contributed by atoms with van der Waals surface area (Å²) >= 11 is 0. The molecule has 2 atom stereocenters. The molecule has 1 aliphatic rings. The third-order valence-corrected chi connectivity index (χ3v) is 4.20. The maximum Gasteiger partial charge on any atom is 0.308 e. The van der Waals surface area contributed by atoms with Gasteiger partial charge in [0.05, 0.1) is 12.5 Å². The molecule has 7 heteroatoms. The Balaban J connectivity index is 1.91. The lowest BCUT2D eigenvalue weighted by atomic mass is 9.87. The van der Waals surface area contributed by atoms with Crippen molar-refractivity contribution in [3.8, 4) is 17.2 Å². The van der Waals surface area contributed by atoms with E-state index in [-0.39, 0.29) is 12.5 Å². The summed E-state index contributed by atoms with van der Waals surface area (Å²) in [5.41, 5.74) is 1.56. The van der Waals surface area contributed by atoms with Crippen LogP contribution in [-0.2, 0) is 19.1 Å². The monoisotopic (exact) mass is 384 g/mol. The summed E-state index contributed by atoms with van der Waals surface area (Å²) in [6, 6.07) is 11.9. The average molecular weight is 384 g/mol. The SMILES string of the molecule is CC(=O)Oc1ccc(C2COc3cc(OC(C)=O)ccc3C2OC(C)=O)cc1. The van der Waals surface area contributed by atoms with Gasteiger partial charge in [0, 0.05) is 32.4 Å². The maximum absolute atomic E-state index is 11.7. The third kappa shape index (κ3) is 4.49. The highest BCUT2D eigenvalue weighted by atomic mass is 16.6. The summed E-state index contributed by atoms with van der Waals surface area (Å²) in [7, 11) is 0. The fraction of sp³-hybridized carbons (Fsp3) is 0.286. The van der Waals surface area contributed by atoms with E-state index in [1.807, 2.05) is 0 Å². The molecule has 0 amide bonds. The van der Waals surface area contributed by atoms with Crippen LogP contribution < -0.4 is 14.2 Å². The van der Waals surface area contributed by atoms with Crippen molar-refractivity contribution in [2.24, 2.45) is 0 Å². The largest absolute Gasteiger partial charge is 0.492 e. The summed E-state index contributed by atoms with van der Waals surface area (Å²) < 4.78 is 21.6. The van der Waals surface area contributed by atoms with Crippen LogP contribution in [0.1, 0.15) is 43.9 Å². The lowest BCUT2D eigenvalue weighted by Crippen LogP contribution is -2.27. The van der Waals surface area contributed by atoms with E-state index in [9.17, 15) is 14.4 Å². The van der Waals surface area contributed by atoms with Gasteiger partial charge >= 0.3 is 17.9 Å². The first kappa shape index (κ1) is 19.4. The van der Waals surface area contributed by atoms with E-state index in [0.29, 0.717) is 22.8 Å². The van der Waals surface area contributed by atoms with Crippen molar-refractivity contribution in [2.75, 3.05) is 6.61 Å². The van der Waals surface area contributed by atoms with Crippen molar-refractivity contribution >= 4 is 17.9 Å². The van der Waals surface area contributed by atoms with Gasteiger partial charge in [0.25, 0.3) is 0 Å². The van der Waals surface area contributed by atoms with E-state index in [1.165, 1.54) is 20.8 Å². The zero-order valence-corrected chi connectivity index (χ0v) is 15.8. The van der Waals surface area contributed by atoms with Gasteiger partial charge in [-0.2, -0.15) is 0 Å². The van der Waals surface area contributed by atoms with Gasteiger partial charge in [-0.1, -0.05) is 12.1 Å². The Kier molecular flexibility index (Phi) is 5.63. The fourth-order valence-corrected chi connectivity index (χ4v) is 3.13. The molecule has 0 bridgehead atoms. The van der Waals surface area contributed by atoms with E-state index < -0.39 is 24.0 Å². The number of hydrogen-bond acceptors (Lipinski definition) is 7. The fourth-order valence-electron chi connectivity index (χ4n) is 3.13. The number of rotatable bonds is 4. The van der Waals surface area contributed by atoms with Crippen LogP contribution in [0.5, 0.6) is 17.2 Å².